The fourth-order valence-electron chi connectivity index (χ4n) is 2.80. The molecule has 0 amide bonds. The summed E-state index contributed by atoms with van der Waals surface area (Å²) in [5.74, 6) is -1.55. The van der Waals surface area contributed by atoms with Crippen LogP contribution in [0.15, 0.2) is 33.2 Å². The highest BCUT2D eigenvalue weighted by molar-refractivity contribution is 7.99. The summed E-state index contributed by atoms with van der Waals surface area (Å²) in [6, 6.07) is 5.98. The molecule has 3 rings (SSSR count). The molecule has 1 unspecified atom stereocenters. The van der Waals surface area contributed by atoms with E-state index in [4.69, 9.17) is 9.15 Å². The van der Waals surface area contributed by atoms with Crippen molar-refractivity contribution in [1.82, 2.24) is 15.2 Å². The van der Waals surface area contributed by atoms with Crippen LogP contribution in [0.5, 0.6) is 0 Å². The maximum atomic E-state index is 12.8. The lowest BCUT2D eigenvalue weighted by Gasteiger charge is -2.11. The van der Waals surface area contributed by atoms with E-state index >= 15 is 0 Å². The predicted molar refractivity (Wildman–Crippen MR) is 111 cm³/mol. The minimum Gasteiger partial charge on any atom is -0.465 e. The molecule has 2 heterocycles. The summed E-state index contributed by atoms with van der Waals surface area (Å²) in [5, 5.41) is 10.6. The van der Waals surface area contributed by atoms with Gasteiger partial charge in [0, 0.05) is 16.6 Å². The highest BCUT2D eigenvalue weighted by Gasteiger charge is 2.32. The van der Waals surface area contributed by atoms with Crippen molar-refractivity contribution in [3.05, 3.63) is 45.4 Å². The van der Waals surface area contributed by atoms with E-state index in [1.165, 1.54) is 11.3 Å². The Hall–Kier alpha value is -2.52. The van der Waals surface area contributed by atoms with Crippen LogP contribution in [0, 0.1) is 20.8 Å². The lowest BCUT2D eigenvalue weighted by atomic mass is 10.1. The zero-order valence-corrected chi connectivity index (χ0v) is 18.2. The van der Waals surface area contributed by atoms with Gasteiger partial charge in [0.05, 0.1) is 12.4 Å². The molecule has 0 aliphatic carbocycles. The zero-order valence-electron chi connectivity index (χ0n) is 16.6. The zero-order chi connectivity index (χ0) is 21.0. The van der Waals surface area contributed by atoms with Gasteiger partial charge in [0.1, 0.15) is 5.01 Å². The first-order valence-electron chi connectivity index (χ1n) is 9.03. The van der Waals surface area contributed by atoms with Crippen LogP contribution in [0.25, 0.3) is 11.5 Å². The number of esters is 1. The molecule has 2 aromatic heterocycles. The first kappa shape index (κ1) is 21.2. The molecule has 0 spiro atoms. The Bertz CT molecular complexity index is 1010. The number of thioether (sulfide) groups is 1. The van der Waals surface area contributed by atoms with Gasteiger partial charge in [-0.15, -0.1) is 21.5 Å². The molecule has 0 saturated heterocycles. The van der Waals surface area contributed by atoms with Gasteiger partial charge in [0.15, 0.2) is 11.7 Å². The average Bonchev–Trinajstić information content (AvgIpc) is 3.29. The second-order valence-electron chi connectivity index (χ2n) is 6.52. The monoisotopic (exact) mass is 431 g/mol. The molecule has 1 atom stereocenters. The SMILES string of the molecule is CCOC(=O)C(C(=O)CSc1nnc(-c2cc(C)cc(C)c2)o1)c1nc(C)cs1. The van der Waals surface area contributed by atoms with Gasteiger partial charge in [-0.2, -0.15) is 0 Å². The van der Waals surface area contributed by atoms with Crippen LogP contribution in [-0.2, 0) is 14.3 Å². The van der Waals surface area contributed by atoms with Gasteiger partial charge in [-0.3, -0.25) is 9.59 Å². The maximum absolute atomic E-state index is 12.8. The number of thiazole rings is 1. The van der Waals surface area contributed by atoms with E-state index in [-0.39, 0.29) is 23.4 Å². The number of rotatable bonds is 8. The third kappa shape index (κ3) is 5.30. The summed E-state index contributed by atoms with van der Waals surface area (Å²) in [6.07, 6.45) is 0. The third-order valence-corrected chi connectivity index (χ3v) is 5.81. The fourth-order valence-corrected chi connectivity index (χ4v) is 4.37. The average molecular weight is 432 g/mol. The minimum absolute atomic E-state index is 0.00339. The van der Waals surface area contributed by atoms with Crippen molar-refractivity contribution in [2.24, 2.45) is 0 Å². The second-order valence-corrected chi connectivity index (χ2v) is 8.33. The molecule has 0 N–H and O–H groups in total. The van der Waals surface area contributed by atoms with Crippen LogP contribution in [-0.4, -0.2) is 39.3 Å². The fraction of sp³-hybridized carbons (Fsp3) is 0.350. The van der Waals surface area contributed by atoms with E-state index in [0.29, 0.717) is 10.9 Å². The maximum Gasteiger partial charge on any atom is 0.323 e. The number of aryl methyl sites for hydroxylation is 3. The lowest BCUT2D eigenvalue weighted by molar-refractivity contribution is -0.147. The molecule has 0 aliphatic heterocycles. The number of ketones is 1. The molecule has 0 saturated carbocycles. The van der Waals surface area contributed by atoms with Crippen molar-refractivity contribution >= 4 is 34.9 Å². The van der Waals surface area contributed by atoms with Gasteiger partial charge in [-0.25, -0.2) is 4.98 Å². The number of Topliss-reactive ketones (excluding diaryl/α,β-unsaturated/α-hetero) is 1. The number of nitrogens with zero attached hydrogens (tertiary/aromatic N) is 3. The van der Waals surface area contributed by atoms with Gasteiger partial charge >= 0.3 is 5.97 Å². The van der Waals surface area contributed by atoms with Gasteiger partial charge in [0.25, 0.3) is 5.22 Å². The first-order valence-corrected chi connectivity index (χ1v) is 10.9. The van der Waals surface area contributed by atoms with E-state index in [2.05, 4.69) is 21.2 Å². The van der Waals surface area contributed by atoms with Crippen molar-refractivity contribution < 1.29 is 18.7 Å². The summed E-state index contributed by atoms with van der Waals surface area (Å²) in [5.41, 5.74) is 3.78. The van der Waals surface area contributed by atoms with Crippen molar-refractivity contribution in [2.75, 3.05) is 12.4 Å². The summed E-state index contributed by atoms with van der Waals surface area (Å²) in [7, 11) is 0. The van der Waals surface area contributed by atoms with Crippen LogP contribution >= 0.6 is 23.1 Å². The summed E-state index contributed by atoms with van der Waals surface area (Å²) in [6.45, 7) is 7.71. The Morgan fingerprint density at radius 1 is 1.17 bits per heavy atom. The van der Waals surface area contributed by atoms with Crippen molar-refractivity contribution in [3.63, 3.8) is 0 Å². The molecule has 3 aromatic rings. The standard InChI is InChI=1S/C20H21N3O4S2/c1-5-26-19(25)16(18-21-13(4)9-28-18)15(24)10-29-20-23-22-17(27-20)14-7-11(2)6-12(3)8-14/h6-9,16H,5,10H2,1-4H3. The molecule has 0 aliphatic rings. The number of hydrogen-bond acceptors (Lipinski definition) is 9. The second kappa shape index (κ2) is 9.32. The van der Waals surface area contributed by atoms with Crippen molar-refractivity contribution in [3.8, 4) is 11.5 Å². The number of aromatic nitrogens is 3. The van der Waals surface area contributed by atoms with E-state index in [0.717, 1.165) is 34.1 Å². The van der Waals surface area contributed by atoms with E-state index in [9.17, 15) is 9.59 Å². The van der Waals surface area contributed by atoms with Crippen LogP contribution in [0.1, 0.15) is 34.7 Å². The summed E-state index contributed by atoms with van der Waals surface area (Å²) < 4.78 is 10.8. The smallest absolute Gasteiger partial charge is 0.323 e. The number of benzene rings is 1. The molecule has 29 heavy (non-hydrogen) atoms. The highest BCUT2D eigenvalue weighted by Crippen LogP contribution is 2.28. The molecule has 0 fully saturated rings. The molecule has 7 nitrogen and oxygen atoms in total. The third-order valence-electron chi connectivity index (χ3n) is 3.94. The Morgan fingerprint density at radius 3 is 2.52 bits per heavy atom. The Balaban J connectivity index is 1.71. The van der Waals surface area contributed by atoms with Gasteiger partial charge in [0.2, 0.25) is 5.89 Å². The predicted octanol–water partition coefficient (Wildman–Crippen LogP) is 4.13. The van der Waals surface area contributed by atoms with E-state index in [1.54, 1.807) is 12.3 Å². The molecule has 9 heteroatoms. The Kier molecular flexibility index (Phi) is 6.81. The molecule has 0 radical (unpaired) electrons. The molecule has 1 aromatic carbocycles. The van der Waals surface area contributed by atoms with Gasteiger partial charge in [-0.05, 0) is 39.8 Å². The number of carbonyl (C=O) groups excluding carboxylic acids is 2. The highest BCUT2D eigenvalue weighted by atomic mass is 32.2. The summed E-state index contributed by atoms with van der Waals surface area (Å²) in [4.78, 5) is 29.4. The number of ether oxygens (including phenoxy) is 1. The first-order chi connectivity index (χ1) is 13.9. The largest absolute Gasteiger partial charge is 0.465 e. The Morgan fingerprint density at radius 2 is 1.90 bits per heavy atom. The van der Waals surface area contributed by atoms with E-state index < -0.39 is 11.9 Å². The normalized spacial score (nSPS) is 12.0. The minimum atomic E-state index is -1.04. The van der Waals surface area contributed by atoms with Crippen molar-refractivity contribution in [1.29, 1.82) is 0 Å². The number of hydrogen-bond donors (Lipinski definition) is 0. The topological polar surface area (TPSA) is 95.2 Å². The lowest BCUT2D eigenvalue weighted by Crippen LogP contribution is -2.25. The summed E-state index contributed by atoms with van der Waals surface area (Å²) >= 11 is 2.37. The van der Waals surface area contributed by atoms with Crippen LogP contribution in [0.3, 0.4) is 0 Å². The van der Waals surface area contributed by atoms with Crippen LogP contribution in [0.2, 0.25) is 0 Å². The van der Waals surface area contributed by atoms with Gasteiger partial charge < -0.3 is 9.15 Å². The molecular formula is C20H21N3O4S2. The van der Waals surface area contributed by atoms with Crippen LogP contribution in [0.4, 0.5) is 0 Å². The quantitative estimate of drug-likeness (QED) is 0.298. The van der Waals surface area contributed by atoms with Crippen molar-refractivity contribution in [2.45, 2.75) is 38.8 Å². The van der Waals surface area contributed by atoms with Crippen LogP contribution < -0.4 is 0 Å². The van der Waals surface area contributed by atoms with E-state index in [1.807, 2.05) is 32.9 Å². The number of carbonyl (C=O) groups is 2. The van der Waals surface area contributed by atoms with Gasteiger partial charge in [-0.1, -0.05) is 29.0 Å². The molecule has 152 valence electrons. The molecular weight excluding hydrogens is 410 g/mol. The molecule has 0 bridgehead atoms. The Labute approximate surface area is 176 Å².